The number of nitro benzene ring substituents is 1. The van der Waals surface area contributed by atoms with Gasteiger partial charge in [0.15, 0.2) is 5.69 Å². The minimum Gasteiger partial charge on any atom is -0.397 e. The molecule has 1 aromatic rings. The summed E-state index contributed by atoms with van der Waals surface area (Å²) in [4.78, 5) is 14.6. The fraction of sp³-hybridized carbons (Fsp3) is 0. The van der Waals surface area contributed by atoms with Crippen LogP contribution in [0.1, 0.15) is 0 Å². The van der Waals surface area contributed by atoms with Crippen molar-refractivity contribution in [1.29, 1.82) is 0 Å². The summed E-state index contributed by atoms with van der Waals surface area (Å²) in [6.45, 7) is 0. The first-order valence-electron chi connectivity index (χ1n) is 3.45. The Hall–Kier alpha value is -2.02. The summed E-state index contributed by atoms with van der Waals surface area (Å²) in [5.74, 6) is 0. The quantitative estimate of drug-likeness (QED) is 0.338. The fourth-order valence-electron chi connectivity index (χ4n) is 1.10. The molecule has 0 aliphatic carbocycles. The number of fused-ring (bicyclic) bond motifs is 1. The van der Waals surface area contributed by atoms with Crippen LogP contribution in [0.3, 0.4) is 0 Å². The molecular weight excluding hydrogens is 176 g/mol. The van der Waals surface area contributed by atoms with Crippen LogP contribution < -0.4 is 16.7 Å². The maximum absolute atomic E-state index is 10.5. The second-order valence-electron chi connectivity index (χ2n) is 2.49. The maximum atomic E-state index is 10.5. The van der Waals surface area contributed by atoms with Crippen molar-refractivity contribution >= 4 is 22.7 Å². The lowest BCUT2D eigenvalue weighted by atomic mass is 10.2. The molecule has 0 unspecified atom stereocenters. The number of nitro groups is 1. The van der Waals surface area contributed by atoms with Gasteiger partial charge in [-0.1, -0.05) is 0 Å². The first kappa shape index (κ1) is 7.62. The monoisotopic (exact) mass is 182 g/mol. The van der Waals surface area contributed by atoms with Gasteiger partial charge in [0.25, 0.3) is 5.69 Å². The number of nitrogen functional groups attached to an aromatic ring is 1. The normalized spacial score (nSPS) is 12.9. The number of nitrogens with one attached hydrogen (secondary N) is 2. The molecule has 0 bridgehead atoms. The van der Waals surface area contributed by atoms with E-state index in [0.29, 0.717) is 11.4 Å². The Morgan fingerprint density at radius 2 is 2.08 bits per heavy atom. The van der Waals surface area contributed by atoms with Crippen LogP contribution in [0.2, 0.25) is 0 Å². The second-order valence-corrected chi connectivity index (χ2v) is 2.49. The number of hydrogen-bond donors (Lipinski definition) is 3. The molecule has 68 valence electrons. The van der Waals surface area contributed by atoms with Gasteiger partial charge < -0.3 is 5.73 Å². The summed E-state index contributed by atoms with van der Waals surface area (Å²) >= 11 is 0. The van der Waals surface area contributed by atoms with Gasteiger partial charge >= 0.3 is 0 Å². The summed E-state index contributed by atoms with van der Waals surface area (Å²) in [5, 5.41) is 10.5. The van der Waals surface area contributed by atoms with Crippen LogP contribution in [0.25, 0.3) is 0 Å². The number of rotatable bonds is 1. The lowest BCUT2D eigenvalue weighted by Gasteiger charge is -2.00. The van der Waals surface area contributed by atoms with E-state index in [9.17, 15) is 10.1 Å². The Kier molecular flexibility index (Phi) is 1.46. The topological polar surface area (TPSA) is 102 Å². The van der Waals surface area contributed by atoms with Gasteiger partial charge in [0.1, 0.15) is 5.69 Å². The summed E-state index contributed by atoms with van der Waals surface area (Å²) in [7, 11) is 0. The van der Waals surface area contributed by atoms with E-state index in [1.54, 1.807) is 0 Å². The van der Waals surface area contributed by atoms with Crippen molar-refractivity contribution in [2.75, 3.05) is 16.7 Å². The molecule has 0 fully saturated rings. The van der Waals surface area contributed by atoms with E-state index in [-0.39, 0.29) is 11.4 Å². The molecule has 4 N–H and O–H groups in total. The van der Waals surface area contributed by atoms with E-state index in [1.165, 1.54) is 12.1 Å². The molecule has 1 aliphatic rings. The van der Waals surface area contributed by atoms with Crippen LogP contribution in [0.4, 0.5) is 22.7 Å². The van der Waals surface area contributed by atoms with Crippen LogP contribution in [0, 0.1) is 10.1 Å². The smallest absolute Gasteiger partial charge is 0.297 e. The van der Waals surface area contributed by atoms with E-state index in [4.69, 9.17) is 5.73 Å². The first-order valence-corrected chi connectivity index (χ1v) is 3.45. The molecule has 13 heavy (non-hydrogen) atoms. The Balaban J connectivity index is 2.62. The first-order chi connectivity index (χ1) is 6.20. The van der Waals surface area contributed by atoms with Gasteiger partial charge in [0.05, 0.1) is 10.6 Å². The van der Waals surface area contributed by atoms with Crippen LogP contribution in [-0.2, 0) is 4.94 Å². The summed E-state index contributed by atoms with van der Waals surface area (Å²) in [6.07, 6.45) is 0. The van der Waals surface area contributed by atoms with E-state index in [1.807, 2.05) is 0 Å². The van der Waals surface area contributed by atoms with Gasteiger partial charge in [0.2, 0.25) is 0 Å². The molecule has 0 amide bonds. The molecule has 1 aliphatic heterocycles. The molecule has 0 saturated heterocycles. The maximum Gasteiger partial charge on any atom is 0.297 e. The van der Waals surface area contributed by atoms with Crippen molar-refractivity contribution in [2.45, 2.75) is 0 Å². The van der Waals surface area contributed by atoms with Crippen LogP contribution in [0.5, 0.6) is 0 Å². The van der Waals surface area contributed by atoms with Crippen LogP contribution in [0.15, 0.2) is 12.1 Å². The number of nitrogens with zero attached hydrogens (tertiary/aromatic N) is 1. The van der Waals surface area contributed by atoms with E-state index < -0.39 is 4.92 Å². The molecule has 0 aromatic heterocycles. The Morgan fingerprint density at radius 1 is 1.38 bits per heavy atom. The molecule has 2 rings (SSSR count). The molecular formula is C6H6N4O3. The Labute approximate surface area is 72.5 Å². The number of hydrogen-bond acceptors (Lipinski definition) is 6. The number of anilines is 3. The molecule has 1 heterocycles. The van der Waals surface area contributed by atoms with Gasteiger partial charge in [0, 0.05) is 6.07 Å². The van der Waals surface area contributed by atoms with E-state index in [0.717, 1.165) is 0 Å². The van der Waals surface area contributed by atoms with Crippen LogP contribution in [-0.4, -0.2) is 4.92 Å². The highest BCUT2D eigenvalue weighted by molar-refractivity contribution is 5.88. The highest BCUT2D eigenvalue weighted by Gasteiger charge is 2.24. The second kappa shape index (κ2) is 2.49. The fourth-order valence-corrected chi connectivity index (χ4v) is 1.10. The zero-order valence-electron chi connectivity index (χ0n) is 6.40. The highest BCUT2D eigenvalue weighted by atomic mass is 16.8. The Morgan fingerprint density at radius 3 is 2.77 bits per heavy atom. The highest BCUT2D eigenvalue weighted by Crippen LogP contribution is 2.39. The molecule has 0 spiro atoms. The minimum atomic E-state index is -0.512. The summed E-state index contributed by atoms with van der Waals surface area (Å²) in [5.41, 5.74) is 11.3. The third-order valence-corrected chi connectivity index (χ3v) is 1.72. The molecule has 0 radical (unpaired) electrons. The third kappa shape index (κ3) is 1.02. The van der Waals surface area contributed by atoms with Crippen molar-refractivity contribution < 1.29 is 9.86 Å². The van der Waals surface area contributed by atoms with Crippen molar-refractivity contribution in [3.05, 3.63) is 22.2 Å². The lowest BCUT2D eigenvalue weighted by molar-refractivity contribution is -0.384. The zero-order chi connectivity index (χ0) is 9.42. The summed E-state index contributed by atoms with van der Waals surface area (Å²) in [6, 6.07) is 2.76. The van der Waals surface area contributed by atoms with E-state index >= 15 is 0 Å². The third-order valence-electron chi connectivity index (χ3n) is 1.72. The van der Waals surface area contributed by atoms with Crippen molar-refractivity contribution in [1.82, 2.24) is 0 Å². The standard InChI is InChI=1S/C6H6N4O3/c7-3-1-2-4(10(11)12)6-5(3)8-13-9-6/h1-2,8-9H,7H2. The largest absolute Gasteiger partial charge is 0.397 e. The van der Waals surface area contributed by atoms with Gasteiger partial charge in [-0.25, -0.2) is 11.0 Å². The Bertz CT molecular complexity index is 378. The predicted molar refractivity (Wildman–Crippen MR) is 45.8 cm³/mol. The molecule has 1 aromatic carbocycles. The molecule has 7 heteroatoms. The average Bonchev–Trinajstić information content (AvgIpc) is 2.53. The predicted octanol–water partition coefficient (Wildman–Crippen LogP) is 0.861. The van der Waals surface area contributed by atoms with Crippen molar-refractivity contribution in [2.24, 2.45) is 0 Å². The van der Waals surface area contributed by atoms with E-state index in [2.05, 4.69) is 15.9 Å². The lowest BCUT2D eigenvalue weighted by Crippen LogP contribution is -1.96. The number of nitrogens with two attached hydrogens (primary N) is 1. The van der Waals surface area contributed by atoms with Gasteiger partial charge in [-0.15, -0.1) is 0 Å². The van der Waals surface area contributed by atoms with Gasteiger partial charge in [-0.2, -0.15) is 4.94 Å². The summed E-state index contributed by atoms with van der Waals surface area (Å²) < 4.78 is 0. The van der Waals surface area contributed by atoms with Gasteiger partial charge in [-0.05, 0) is 6.07 Å². The average molecular weight is 182 g/mol. The molecule has 0 saturated carbocycles. The van der Waals surface area contributed by atoms with Gasteiger partial charge in [-0.3, -0.25) is 10.1 Å². The number of benzene rings is 1. The van der Waals surface area contributed by atoms with Crippen molar-refractivity contribution in [3.8, 4) is 0 Å². The van der Waals surface area contributed by atoms with Crippen LogP contribution >= 0.6 is 0 Å². The molecule has 0 atom stereocenters. The molecule has 7 nitrogen and oxygen atoms in total. The van der Waals surface area contributed by atoms with Crippen molar-refractivity contribution in [3.63, 3.8) is 0 Å². The minimum absolute atomic E-state index is 0.0748. The zero-order valence-corrected chi connectivity index (χ0v) is 6.40. The SMILES string of the molecule is Nc1ccc([N+](=O)[O-])c2c1NON2.